The van der Waals surface area contributed by atoms with Crippen LogP contribution in [-0.4, -0.2) is 0 Å². The molecular formula is C11H16ClNS. The van der Waals surface area contributed by atoms with Gasteiger partial charge in [-0.3, -0.25) is 0 Å². The monoisotopic (exact) mass is 229 g/mol. The van der Waals surface area contributed by atoms with Crippen molar-refractivity contribution in [2.75, 3.05) is 0 Å². The lowest BCUT2D eigenvalue weighted by atomic mass is 9.94. The Balaban J connectivity index is 2.18. The van der Waals surface area contributed by atoms with E-state index in [0.29, 0.717) is 0 Å². The predicted octanol–water partition coefficient (Wildman–Crippen LogP) is 3.77. The fourth-order valence-electron chi connectivity index (χ4n) is 2.34. The SMILES string of the molecule is CCC1CCC(N)(c2ccc(Cl)s2)C1. The van der Waals surface area contributed by atoms with Gasteiger partial charge in [-0.1, -0.05) is 24.9 Å². The van der Waals surface area contributed by atoms with Crippen LogP contribution in [0.3, 0.4) is 0 Å². The van der Waals surface area contributed by atoms with E-state index in [1.54, 1.807) is 11.3 Å². The van der Waals surface area contributed by atoms with Crippen molar-refractivity contribution in [3.05, 3.63) is 21.3 Å². The molecule has 0 spiro atoms. The van der Waals surface area contributed by atoms with Crippen LogP contribution in [-0.2, 0) is 5.54 Å². The summed E-state index contributed by atoms with van der Waals surface area (Å²) in [5.41, 5.74) is 6.33. The number of hydrogen-bond acceptors (Lipinski definition) is 2. The van der Waals surface area contributed by atoms with Gasteiger partial charge in [-0.05, 0) is 37.3 Å². The Morgan fingerprint density at radius 2 is 2.43 bits per heavy atom. The molecule has 0 radical (unpaired) electrons. The van der Waals surface area contributed by atoms with Crippen LogP contribution in [0.4, 0.5) is 0 Å². The summed E-state index contributed by atoms with van der Waals surface area (Å²) in [7, 11) is 0. The van der Waals surface area contributed by atoms with Gasteiger partial charge in [0, 0.05) is 4.88 Å². The Kier molecular flexibility index (Phi) is 2.87. The Labute approximate surface area is 94.3 Å². The lowest BCUT2D eigenvalue weighted by Crippen LogP contribution is -2.32. The summed E-state index contributed by atoms with van der Waals surface area (Å²) in [4.78, 5) is 1.26. The highest BCUT2D eigenvalue weighted by molar-refractivity contribution is 7.16. The maximum atomic E-state index is 6.41. The maximum absolute atomic E-state index is 6.41. The molecular weight excluding hydrogens is 214 g/mol. The molecule has 14 heavy (non-hydrogen) atoms. The molecule has 0 amide bonds. The summed E-state index contributed by atoms with van der Waals surface area (Å²) in [6.45, 7) is 2.25. The van der Waals surface area contributed by atoms with Crippen LogP contribution in [0.15, 0.2) is 12.1 Å². The first-order valence-electron chi connectivity index (χ1n) is 5.19. The first kappa shape index (κ1) is 10.5. The van der Waals surface area contributed by atoms with E-state index < -0.39 is 0 Å². The average Bonchev–Trinajstić information content (AvgIpc) is 2.73. The standard InChI is InChI=1S/C11H16ClNS/c1-2-8-5-6-11(13,7-8)9-3-4-10(12)14-9/h3-4,8H,2,5-7,13H2,1H3. The fourth-order valence-corrected chi connectivity index (χ4v) is 3.52. The van der Waals surface area contributed by atoms with Gasteiger partial charge in [0.1, 0.15) is 0 Å². The smallest absolute Gasteiger partial charge is 0.0931 e. The largest absolute Gasteiger partial charge is 0.321 e. The molecule has 3 heteroatoms. The highest BCUT2D eigenvalue weighted by Gasteiger charge is 2.37. The molecule has 0 aliphatic heterocycles. The maximum Gasteiger partial charge on any atom is 0.0931 e. The van der Waals surface area contributed by atoms with Crippen LogP contribution in [0.2, 0.25) is 4.34 Å². The molecule has 0 saturated heterocycles. The summed E-state index contributed by atoms with van der Waals surface area (Å²) >= 11 is 7.57. The van der Waals surface area contributed by atoms with E-state index in [0.717, 1.165) is 23.1 Å². The van der Waals surface area contributed by atoms with Gasteiger partial charge >= 0.3 is 0 Å². The molecule has 2 atom stereocenters. The molecule has 2 N–H and O–H groups in total. The molecule has 1 heterocycles. The molecule has 2 unspecified atom stereocenters. The van der Waals surface area contributed by atoms with Crippen molar-refractivity contribution in [1.29, 1.82) is 0 Å². The second-order valence-corrected chi connectivity index (χ2v) is 5.99. The Morgan fingerprint density at radius 3 is 2.93 bits per heavy atom. The van der Waals surface area contributed by atoms with Crippen molar-refractivity contribution in [2.45, 2.75) is 38.1 Å². The average molecular weight is 230 g/mol. The van der Waals surface area contributed by atoms with Gasteiger partial charge in [0.25, 0.3) is 0 Å². The second kappa shape index (κ2) is 3.84. The third-order valence-corrected chi connectivity index (χ3v) is 4.74. The van der Waals surface area contributed by atoms with E-state index in [9.17, 15) is 0 Å². The zero-order valence-corrected chi connectivity index (χ0v) is 10.00. The summed E-state index contributed by atoms with van der Waals surface area (Å²) in [6, 6.07) is 4.04. The van der Waals surface area contributed by atoms with Crippen LogP contribution >= 0.6 is 22.9 Å². The first-order valence-corrected chi connectivity index (χ1v) is 6.38. The van der Waals surface area contributed by atoms with Crippen molar-refractivity contribution >= 4 is 22.9 Å². The van der Waals surface area contributed by atoms with Crippen LogP contribution in [0.5, 0.6) is 0 Å². The fraction of sp³-hybridized carbons (Fsp3) is 0.636. The van der Waals surface area contributed by atoms with Gasteiger partial charge in [0.05, 0.1) is 9.88 Å². The van der Waals surface area contributed by atoms with Crippen molar-refractivity contribution in [3.63, 3.8) is 0 Å². The predicted molar refractivity (Wildman–Crippen MR) is 62.8 cm³/mol. The zero-order chi connectivity index (χ0) is 10.2. The molecule has 1 aromatic heterocycles. The summed E-state index contributed by atoms with van der Waals surface area (Å²) in [6.07, 6.45) is 4.75. The molecule has 1 nitrogen and oxygen atoms in total. The number of halogens is 1. The molecule has 1 saturated carbocycles. The quantitative estimate of drug-likeness (QED) is 0.821. The van der Waals surface area contributed by atoms with Crippen LogP contribution in [0, 0.1) is 5.92 Å². The highest BCUT2D eigenvalue weighted by Crippen LogP contribution is 2.44. The topological polar surface area (TPSA) is 26.0 Å². The number of nitrogens with two attached hydrogens (primary N) is 1. The molecule has 0 aromatic carbocycles. The van der Waals surface area contributed by atoms with Gasteiger partial charge in [0.2, 0.25) is 0 Å². The van der Waals surface area contributed by atoms with E-state index in [1.807, 2.05) is 6.07 Å². The summed E-state index contributed by atoms with van der Waals surface area (Å²) in [5, 5.41) is 0. The van der Waals surface area contributed by atoms with Gasteiger partial charge in [0.15, 0.2) is 0 Å². The van der Waals surface area contributed by atoms with Crippen molar-refractivity contribution < 1.29 is 0 Å². The summed E-state index contributed by atoms with van der Waals surface area (Å²) in [5.74, 6) is 0.806. The zero-order valence-electron chi connectivity index (χ0n) is 8.42. The third-order valence-electron chi connectivity index (χ3n) is 3.29. The Bertz CT molecular complexity index is 323. The molecule has 1 fully saturated rings. The number of thiophene rings is 1. The third kappa shape index (κ3) is 1.83. The minimum atomic E-state index is -0.0848. The van der Waals surface area contributed by atoms with E-state index >= 15 is 0 Å². The number of rotatable bonds is 2. The lowest BCUT2D eigenvalue weighted by molar-refractivity contribution is 0.431. The van der Waals surface area contributed by atoms with E-state index in [4.69, 9.17) is 17.3 Å². The highest BCUT2D eigenvalue weighted by atomic mass is 35.5. The van der Waals surface area contributed by atoms with Gasteiger partial charge in [-0.15, -0.1) is 11.3 Å². The molecule has 1 aromatic rings. The first-order chi connectivity index (χ1) is 6.64. The molecule has 0 bridgehead atoms. The van der Waals surface area contributed by atoms with Crippen LogP contribution in [0.25, 0.3) is 0 Å². The second-order valence-electron chi connectivity index (χ2n) is 4.28. The van der Waals surface area contributed by atoms with Crippen molar-refractivity contribution in [1.82, 2.24) is 0 Å². The minimum absolute atomic E-state index is 0.0848. The lowest BCUT2D eigenvalue weighted by Gasteiger charge is -2.22. The normalized spacial score (nSPS) is 32.4. The van der Waals surface area contributed by atoms with Crippen molar-refractivity contribution in [2.24, 2.45) is 11.7 Å². The van der Waals surface area contributed by atoms with E-state index in [1.165, 1.54) is 17.7 Å². The van der Waals surface area contributed by atoms with E-state index in [-0.39, 0.29) is 5.54 Å². The molecule has 2 rings (SSSR count). The Hall–Kier alpha value is -0.0500. The van der Waals surface area contributed by atoms with Crippen LogP contribution in [0.1, 0.15) is 37.5 Å². The van der Waals surface area contributed by atoms with Gasteiger partial charge < -0.3 is 5.73 Å². The van der Waals surface area contributed by atoms with Crippen molar-refractivity contribution in [3.8, 4) is 0 Å². The van der Waals surface area contributed by atoms with Crippen LogP contribution < -0.4 is 5.73 Å². The van der Waals surface area contributed by atoms with Gasteiger partial charge in [-0.2, -0.15) is 0 Å². The van der Waals surface area contributed by atoms with E-state index in [2.05, 4.69) is 13.0 Å². The minimum Gasteiger partial charge on any atom is -0.321 e. The summed E-state index contributed by atoms with van der Waals surface area (Å²) < 4.78 is 0.852. The molecule has 1 aliphatic carbocycles. The molecule has 78 valence electrons. The number of hydrogen-bond donors (Lipinski definition) is 1. The van der Waals surface area contributed by atoms with Gasteiger partial charge in [-0.25, -0.2) is 0 Å². The molecule has 1 aliphatic rings. The Morgan fingerprint density at radius 1 is 1.64 bits per heavy atom.